The lowest BCUT2D eigenvalue weighted by atomic mass is 9.91. The molecule has 23 nitrogen and oxygen atoms in total. The average molecular weight is 1220 g/mol. The first-order valence-corrected chi connectivity index (χ1v) is 30.9. The van der Waals surface area contributed by atoms with Crippen molar-refractivity contribution in [1.29, 1.82) is 0 Å². The zero-order valence-electron chi connectivity index (χ0n) is 57.2. The Morgan fingerprint density at radius 3 is 1.38 bits per heavy atom. The van der Waals surface area contributed by atoms with Crippen LogP contribution in [0.25, 0.3) is 0 Å². The second kappa shape index (κ2) is 37.5. The molecule has 0 aliphatic rings. The molecule has 0 spiro atoms. The van der Waals surface area contributed by atoms with Crippen LogP contribution in [0.3, 0.4) is 0 Å². The molecule has 0 fully saturated rings. The second-order valence-corrected chi connectivity index (χ2v) is 26.2. The molecule has 0 rings (SSSR count). The lowest BCUT2D eigenvalue weighted by Gasteiger charge is -2.41. The minimum atomic E-state index is -1.61. The van der Waals surface area contributed by atoms with Gasteiger partial charge in [0.15, 0.2) is 0 Å². The van der Waals surface area contributed by atoms with E-state index in [0.29, 0.717) is 18.8 Å². The van der Waals surface area contributed by atoms with E-state index in [2.05, 4.69) is 21.3 Å². The highest BCUT2D eigenvalue weighted by Gasteiger charge is 2.45. The summed E-state index contributed by atoms with van der Waals surface area (Å²) in [5, 5.41) is 23.0. The highest BCUT2D eigenvalue weighted by Crippen LogP contribution is 2.25. The Hall–Kier alpha value is -6.13. The highest BCUT2D eigenvalue weighted by atomic mass is 16.3. The van der Waals surface area contributed by atoms with Gasteiger partial charge in [-0.1, -0.05) is 109 Å². The van der Waals surface area contributed by atoms with E-state index in [1.54, 1.807) is 74.7 Å². The summed E-state index contributed by atoms with van der Waals surface area (Å²) in [6.45, 7) is 30.0. The molecule has 0 saturated heterocycles. The van der Waals surface area contributed by atoms with Crippen LogP contribution in [0.15, 0.2) is 12.2 Å². The van der Waals surface area contributed by atoms with Gasteiger partial charge >= 0.3 is 0 Å². The number of aliphatic hydroxyl groups excluding tert-OH is 1. The van der Waals surface area contributed by atoms with Crippen molar-refractivity contribution in [1.82, 2.24) is 55.6 Å². The summed E-state index contributed by atoms with van der Waals surface area (Å²) in [5.74, 6) is -7.73. The van der Waals surface area contributed by atoms with Crippen LogP contribution >= 0.6 is 0 Å². The summed E-state index contributed by atoms with van der Waals surface area (Å²) in [4.78, 5) is 163. The van der Waals surface area contributed by atoms with Crippen molar-refractivity contribution < 1.29 is 57.8 Å². The third-order valence-corrected chi connectivity index (χ3v) is 15.7. The summed E-state index contributed by atoms with van der Waals surface area (Å²) in [6, 6.07) is -10.2. The van der Waals surface area contributed by atoms with Crippen LogP contribution in [0.1, 0.15) is 163 Å². The smallest absolute Gasteiger partial charge is 0.246 e. The Balaban J connectivity index is 7.10. The first-order chi connectivity index (χ1) is 39.6. The van der Waals surface area contributed by atoms with Gasteiger partial charge in [0, 0.05) is 62.8 Å². The predicted octanol–water partition coefficient (Wildman–Crippen LogP) is 3.91. The quantitative estimate of drug-likeness (QED) is 0.0559. The van der Waals surface area contributed by atoms with Crippen molar-refractivity contribution >= 4 is 65.0 Å². The highest BCUT2D eigenvalue weighted by molar-refractivity contribution is 5.98. The minimum Gasteiger partial charge on any atom is -0.390 e. The predicted molar refractivity (Wildman–Crippen MR) is 335 cm³/mol. The van der Waals surface area contributed by atoms with Crippen LogP contribution in [0.2, 0.25) is 0 Å². The molecule has 11 unspecified atom stereocenters. The van der Waals surface area contributed by atoms with Crippen molar-refractivity contribution in [3.05, 3.63) is 12.2 Å². The molecule has 0 saturated carbocycles. The Kier molecular flexibility index (Phi) is 34.9. The number of hydrogen-bond donors (Lipinski definition) is 5. The molecule has 0 heterocycles. The molecule has 494 valence electrons. The van der Waals surface area contributed by atoms with E-state index in [-0.39, 0.29) is 67.6 Å². The molecule has 0 aromatic rings. The van der Waals surface area contributed by atoms with Gasteiger partial charge in [0.25, 0.3) is 0 Å². The SMILES string of the molecule is C/C=C/CC(C)C(O)C(C(=O)NC(CC)C(=O)N(C)CC(=O)N(C)C(CC(C)C)C(=O)NC(C(=O)N(C)C)C(C)C)N(C)C(=O)C(C(C)C)N(C)C(=O)C(CC(C)C)N(C)C(=O)C(CC(C)C)N(C)C(=O)C(C)NC(=O)C(C)NC(=O)CCC(C)C. The number of nitrogens with one attached hydrogen (secondary N) is 4. The third kappa shape index (κ3) is 24.6. The monoisotopic (exact) mass is 1220 g/mol. The lowest BCUT2D eigenvalue weighted by Crippen LogP contribution is -2.63. The number of nitrogens with zero attached hydrogens (tertiary/aromatic N) is 7. The van der Waals surface area contributed by atoms with Crippen LogP contribution in [-0.4, -0.2) is 228 Å². The van der Waals surface area contributed by atoms with E-state index in [1.165, 1.54) is 80.6 Å². The van der Waals surface area contributed by atoms with Crippen molar-refractivity contribution in [3.8, 4) is 0 Å². The van der Waals surface area contributed by atoms with Crippen LogP contribution in [-0.2, 0) is 52.7 Å². The van der Waals surface area contributed by atoms with Crippen LogP contribution in [0.5, 0.6) is 0 Å². The fourth-order valence-corrected chi connectivity index (χ4v) is 10.1. The fourth-order valence-electron chi connectivity index (χ4n) is 10.1. The van der Waals surface area contributed by atoms with Gasteiger partial charge in [0.05, 0.1) is 12.6 Å². The van der Waals surface area contributed by atoms with Crippen molar-refractivity contribution in [3.63, 3.8) is 0 Å². The van der Waals surface area contributed by atoms with E-state index in [4.69, 9.17) is 0 Å². The first-order valence-electron chi connectivity index (χ1n) is 30.9. The summed E-state index contributed by atoms with van der Waals surface area (Å²) in [5.41, 5.74) is 0. The van der Waals surface area contributed by atoms with Crippen LogP contribution in [0, 0.1) is 41.4 Å². The van der Waals surface area contributed by atoms with Gasteiger partial charge in [-0.3, -0.25) is 52.7 Å². The Labute approximate surface area is 516 Å². The van der Waals surface area contributed by atoms with Gasteiger partial charge in [-0.15, -0.1) is 0 Å². The molecule has 0 aromatic carbocycles. The maximum Gasteiger partial charge on any atom is 0.246 e. The number of rotatable bonds is 36. The average Bonchev–Trinajstić information content (AvgIpc) is 1.70. The van der Waals surface area contributed by atoms with E-state index in [0.717, 1.165) is 9.80 Å². The van der Waals surface area contributed by atoms with Crippen LogP contribution < -0.4 is 21.3 Å². The van der Waals surface area contributed by atoms with E-state index >= 15 is 9.59 Å². The van der Waals surface area contributed by atoms with Crippen molar-refractivity contribution in [2.45, 2.75) is 223 Å². The minimum absolute atomic E-state index is 0.0360. The van der Waals surface area contributed by atoms with E-state index in [1.807, 2.05) is 55.4 Å². The molecule has 11 atom stereocenters. The number of aliphatic hydroxyl groups is 1. The van der Waals surface area contributed by atoms with Gasteiger partial charge in [0.1, 0.15) is 54.4 Å². The van der Waals surface area contributed by atoms with Crippen LogP contribution in [0.4, 0.5) is 0 Å². The Bertz CT molecular complexity index is 2290. The largest absolute Gasteiger partial charge is 0.390 e. The Morgan fingerprint density at radius 1 is 0.465 bits per heavy atom. The number of likely N-dealkylation sites (N-methyl/N-ethyl adjacent to an activating group) is 7. The zero-order valence-corrected chi connectivity index (χ0v) is 57.2. The van der Waals surface area contributed by atoms with Gasteiger partial charge in [0.2, 0.25) is 65.0 Å². The number of carbonyl (C=O) groups excluding carboxylic acids is 11. The Morgan fingerprint density at radius 2 is 0.942 bits per heavy atom. The lowest BCUT2D eigenvalue weighted by molar-refractivity contribution is -0.157. The van der Waals surface area contributed by atoms with Gasteiger partial charge in [-0.05, 0) is 101 Å². The summed E-state index contributed by atoms with van der Waals surface area (Å²) in [6.07, 6.45) is 3.92. The molecule has 5 N–H and O–H groups in total. The fraction of sp³-hybridized carbons (Fsp3) is 0.794. The molecule has 0 aliphatic carbocycles. The topological polar surface area (TPSA) is 279 Å². The van der Waals surface area contributed by atoms with Crippen molar-refractivity contribution in [2.24, 2.45) is 41.4 Å². The summed E-state index contributed by atoms with van der Waals surface area (Å²) < 4.78 is 0. The third-order valence-electron chi connectivity index (χ3n) is 15.7. The molecule has 0 aliphatic heterocycles. The normalized spacial score (nSPS) is 15.6. The molecule has 23 heteroatoms. The number of amides is 11. The molecule has 0 radical (unpaired) electrons. The maximum atomic E-state index is 15.1. The van der Waals surface area contributed by atoms with Gasteiger partial charge in [-0.2, -0.15) is 0 Å². The second-order valence-electron chi connectivity index (χ2n) is 26.2. The maximum absolute atomic E-state index is 15.1. The molecular formula is C63H115N11O12. The molecule has 86 heavy (non-hydrogen) atoms. The number of carbonyl (C=O) groups is 11. The van der Waals surface area contributed by atoms with Gasteiger partial charge < -0.3 is 60.7 Å². The zero-order chi connectivity index (χ0) is 67.1. The molecule has 11 amide bonds. The first kappa shape index (κ1) is 79.9. The number of hydrogen-bond acceptors (Lipinski definition) is 12. The molecule has 0 aromatic heterocycles. The summed E-state index contributed by atoms with van der Waals surface area (Å²) >= 11 is 0. The molecular weight excluding hydrogens is 1100 g/mol. The number of allylic oxidation sites excluding steroid dienone is 2. The molecule has 0 bridgehead atoms. The van der Waals surface area contributed by atoms with Crippen molar-refractivity contribution in [2.75, 3.05) is 62.9 Å². The van der Waals surface area contributed by atoms with E-state index in [9.17, 15) is 48.3 Å². The van der Waals surface area contributed by atoms with Gasteiger partial charge in [-0.25, -0.2) is 0 Å². The standard InChI is InChI=1S/C63H115N11O12/c1-26-28-29-42(15)54(77)53(57(80)66-45(27-2)59(82)69(20)35-50(76)70(21)46(32-37(5)6)56(79)67-51(40(11)12)62(85)68(18)19)74(25)63(86)52(41(13)14)73(24)61(84)48(34-39(9)10)72(23)60(83)47(33-38(7)8)71(22)58(81)44(17)65-55(78)43(16)64-49(75)31-30-36(3)4/h26,28,36-48,51-54,77H,27,29-35H2,1-25H3,(H,64,75)(H,65,78)(H,66,80)(H,67,79)/b28-26+. The van der Waals surface area contributed by atoms with E-state index < -0.39 is 132 Å². The summed E-state index contributed by atoms with van der Waals surface area (Å²) in [7, 11) is 11.7.